The number of carbonyl (C=O) groups is 1. The fourth-order valence-corrected chi connectivity index (χ4v) is 4.30. The lowest BCUT2D eigenvalue weighted by molar-refractivity contribution is 0.0696. The molecule has 0 amide bonds. The number of pyridine rings is 1. The molecule has 0 aliphatic carbocycles. The molecule has 148 valence electrons. The lowest BCUT2D eigenvalue weighted by Crippen LogP contribution is -2.14. The van der Waals surface area contributed by atoms with E-state index >= 15 is 0 Å². The third-order valence-corrected chi connectivity index (χ3v) is 5.82. The number of anilines is 1. The maximum atomic E-state index is 12.6. The van der Waals surface area contributed by atoms with E-state index in [1.54, 1.807) is 12.3 Å². The fourth-order valence-electron chi connectivity index (χ4n) is 2.29. The van der Waals surface area contributed by atoms with Crippen molar-refractivity contribution in [3.8, 4) is 17.6 Å². The summed E-state index contributed by atoms with van der Waals surface area (Å²) in [6.07, 6.45) is 1.64. The third-order valence-electron chi connectivity index (χ3n) is 3.66. The van der Waals surface area contributed by atoms with Crippen LogP contribution >= 0.6 is 11.3 Å². The van der Waals surface area contributed by atoms with Gasteiger partial charge in [0, 0.05) is 22.8 Å². The molecule has 29 heavy (non-hydrogen) atoms. The zero-order valence-electron chi connectivity index (χ0n) is 15.3. The lowest BCUT2D eigenvalue weighted by atomic mass is 10.2. The molecule has 2 heterocycles. The van der Waals surface area contributed by atoms with E-state index in [0.29, 0.717) is 5.01 Å². The molecule has 0 fully saturated rings. The van der Waals surface area contributed by atoms with Gasteiger partial charge in [0.2, 0.25) is 0 Å². The van der Waals surface area contributed by atoms with Crippen molar-refractivity contribution in [3.05, 3.63) is 63.7 Å². The van der Waals surface area contributed by atoms with Gasteiger partial charge in [-0.3, -0.25) is 9.71 Å². The largest absolute Gasteiger partial charge is 0.495 e. The average molecular weight is 429 g/mol. The number of aryl methyl sites for hydroxylation is 1. The SMILES string of the molecule is COc1cc(C(=O)O)ccc1NS(=O)(=O)c1csc(C#Cc2ccnc(C)c2)n1. The number of hydrogen-bond donors (Lipinski definition) is 2. The van der Waals surface area contributed by atoms with E-state index < -0.39 is 16.0 Å². The number of carboxylic acids is 1. The topological polar surface area (TPSA) is 118 Å². The number of thiazole rings is 1. The smallest absolute Gasteiger partial charge is 0.335 e. The molecule has 10 heteroatoms. The van der Waals surface area contributed by atoms with Gasteiger partial charge >= 0.3 is 5.97 Å². The Bertz CT molecular complexity index is 1240. The van der Waals surface area contributed by atoms with Crippen LogP contribution in [0.1, 0.15) is 26.6 Å². The zero-order valence-corrected chi connectivity index (χ0v) is 17.0. The van der Waals surface area contributed by atoms with Crippen molar-refractivity contribution in [2.24, 2.45) is 0 Å². The molecule has 2 aromatic heterocycles. The van der Waals surface area contributed by atoms with Crippen LogP contribution < -0.4 is 9.46 Å². The van der Waals surface area contributed by atoms with Gasteiger partial charge in [0.25, 0.3) is 10.0 Å². The molecule has 0 aliphatic rings. The van der Waals surface area contributed by atoms with Crippen molar-refractivity contribution < 1.29 is 23.1 Å². The average Bonchev–Trinajstić information content (AvgIpc) is 3.16. The monoisotopic (exact) mass is 429 g/mol. The molecular weight excluding hydrogens is 414 g/mol. The number of carboxylic acid groups (broad SMARTS) is 1. The quantitative estimate of drug-likeness (QED) is 0.599. The normalized spacial score (nSPS) is 10.7. The predicted octanol–water partition coefficient (Wildman–Crippen LogP) is 2.75. The van der Waals surface area contributed by atoms with Crippen molar-refractivity contribution in [1.82, 2.24) is 9.97 Å². The maximum Gasteiger partial charge on any atom is 0.335 e. The Kier molecular flexibility index (Phi) is 5.81. The fraction of sp³-hybridized carbons (Fsp3) is 0.105. The number of benzene rings is 1. The molecule has 1 aromatic carbocycles. The number of aromatic carboxylic acids is 1. The summed E-state index contributed by atoms with van der Waals surface area (Å²) in [4.78, 5) is 19.2. The highest BCUT2D eigenvalue weighted by atomic mass is 32.2. The highest BCUT2D eigenvalue weighted by Gasteiger charge is 2.20. The minimum absolute atomic E-state index is 0.0256. The van der Waals surface area contributed by atoms with E-state index in [-0.39, 0.29) is 22.0 Å². The molecule has 0 bridgehead atoms. The van der Waals surface area contributed by atoms with E-state index in [2.05, 4.69) is 26.5 Å². The van der Waals surface area contributed by atoms with Crippen LogP contribution in [0.5, 0.6) is 5.75 Å². The summed E-state index contributed by atoms with van der Waals surface area (Å²) in [7, 11) is -2.69. The molecule has 0 unspecified atom stereocenters. The Morgan fingerprint density at radius 3 is 2.72 bits per heavy atom. The van der Waals surface area contributed by atoms with Gasteiger partial charge in [-0.25, -0.2) is 9.78 Å². The first kappa shape index (κ1) is 20.3. The van der Waals surface area contributed by atoms with Crippen LogP contribution in [-0.4, -0.2) is 36.6 Å². The number of nitrogens with zero attached hydrogens (tertiary/aromatic N) is 2. The van der Waals surface area contributed by atoms with Crippen LogP contribution in [0.25, 0.3) is 0 Å². The molecule has 0 radical (unpaired) electrons. The Labute approximate surface area is 171 Å². The number of methoxy groups -OCH3 is 1. The lowest BCUT2D eigenvalue weighted by Gasteiger charge is -2.11. The Balaban J connectivity index is 1.84. The van der Waals surface area contributed by atoms with Crippen molar-refractivity contribution in [2.75, 3.05) is 11.8 Å². The van der Waals surface area contributed by atoms with E-state index in [4.69, 9.17) is 9.84 Å². The molecule has 3 rings (SSSR count). The van der Waals surface area contributed by atoms with Crippen LogP contribution in [0.3, 0.4) is 0 Å². The minimum Gasteiger partial charge on any atom is -0.495 e. The third kappa shape index (κ3) is 4.90. The summed E-state index contributed by atoms with van der Waals surface area (Å²) < 4.78 is 32.7. The van der Waals surface area contributed by atoms with Crippen LogP contribution in [0.2, 0.25) is 0 Å². The van der Waals surface area contributed by atoms with E-state index in [0.717, 1.165) is 22.6 Å². The molecule has 0 saturated carbocycles. The first-order valence-electron chi connectivity index (χ1n) is 8.13. The standard InChI is InChI=1S/C19H15N3O5S2/c1-12-9-13(7-8-20-12)3-6-17-21-18(11-28-17)29(25,26)22-15-5-4-14(19(23)24)10-16(15)27-2/h4-5,7-11,22H,1-2H3,(H,23,24). The van der Waals surface area contributed by atoms with Crippen LogP contribution in [0.4, 0.5) is 5.69 Å². The molecule has 0 aliphatic heterocycles. The second-order valence-electron chi connectivity index (χ2n) is 5.75. The highest BCUT2D eigenvalue weighted by molar-refractivity contribution is 7.92. The minimum atomic E-state index is -4.00. The number of rotatable bonds is 5. The predicted molar refractivity (Wildman–Crippen MR) is 108 cm³/mol. The summed E-state index contributed by atoms with van der Waals surface area (Å²) in [6.45, 7) is 1.85. The van der Waals surface area contributed by atoms with E-state index in [9.17, 15) is 13.2 Å². The van der Waals surface area contributed by atoms with Crippen molar-refractivity contribution in [2.45, 2.75) is 11.9 Å². The van der Waals surface area contributed by atoms with Gasteiger partial charge in [-0.05, 0) is 43.2 Å². The molecule has 8 nitrogen and oxygen atoms in total. The number of aromatic nitrogens is 2. The van der Waals surface area contributed by atoms with Gasteiger partial charge in [0.05, 0.1) is 18.4 Å². The molecule has 0 spiro atoms. The van der Waals surface area contributed by atoms with Crippen molar-refractivity contribution >= 4 is 33.0 Å². The number of ether oxygens (including phenoxy) is 1. The second-order valence-corrected chi connectivity index (χ2v) is 8.24. The summed E-state index contributed by atoms with van der Waals surface area (Å²) in [5, 5.41) is 10.6. The van der Waals surface area contributed by atoms with Crippen LogP contribution in [0, 0.1) is 18.8 Å². The zero-order chi connectivity index (χ0) is 21.0. The molecule has 0 saturated heterocycles. The van der Waals surface area contributed by atoms with Gasteiger partial charge in [-0.1, -0.05) is 5.92 Å². The first-order chi connectivity index (χ1) is 13.8. The van der Waals surface area contributed by atoms with E-state index in [1.807, 2.05) is 13.0 Å². The molecular formula is C19H15N3O5S2. The van der Waals surface area contributed by atoms with E-state index in [1.165, 1.54) is 30.7 Å². The summed E-state index contributed by atoms with van der Waals surface area (Å²) >= 11 is 1.10. The summed E-state index contributed by atoms with van der Waals surface area (Å²) in [6, 6.07) is 7.39. The number of hydrogen-bond acceptors (Lipinski definition) is 7. The Morgan fingerprint density at radius 2 is 2.03 bits per heavy atom. The number of nitrogens with one attached hydrogen (secondary N) is 1. The van der Waals surface area contributed by atoms with Gasteiger partial charge in [0.1, 0.15) is 5.75 Å². The van der Waals surface area contributed by atoms with Gasteiger partial charge in [-0.15, -0.1) is 11.3 Å². The summed E-state index contributed by atoms with van der Waals surface area (Å²) in [5.41, 5.74) is 1.65. The molecule has 3 aromatic rings. The maximum absolute atomic E-state index is 12.6. The van der Waals surface area contributed by atoms with Crippen molar-refractivity contribution in [1.29, 1.82) is 0 Å². The first-order valence-corrected chi connectivity index (χ1v) is 10.5. The van der Waals surface area contributed by atoms with Gasteiger partial charge in [0.15, 0.2) is 10.0 Å². The van der Waals surface area contributed by atoms with Crippen molar-refractivity contribution in [3.63, 3.8) is 0 Å². The van der Waals surface area contributed by atoms with Gasteiger partial charge < -0.3 is 9.84 Å². The van der Waals surface area contributed by atoms with Crippen LogP contribution in [0.15, 0.2) is 46.9 Å². The van der Waals surface area contributed by atoms with Crippen LogP contribution in [-0.2, 0) is 10.0 Å². The second kappa shape index (κ2) is 8.30. The number of sulfonamides is 1. The highest BCUT2D eigenvalue weighted by Crippen LogP contribution is 2.28. The Hall–Kier alpha value is -3.42. The Morgan fingerprint density at radius 1 is 1.24 bits per heavy atom. The summed E-state index contributed by atoms with van der Waals surface area (Å²) in [5.74, 6) is 4.68. The molecule has 2 N–H and O–H groups in total. The molecule has 0 atom stereocenters. The van der Waals surface area contributed by atoms with Gasteiger partial charge in [-0.2, -0.15) is 8.42 Å².